The van der Waals surface area contributed by atoms with Crippen molar-refractivity contribution in [2.75, 3.05) is 56.2 Å². The number of halogens is 2. The number of nitriles is 1. The summed E-state index contributed by atoms with van der Waals surface area (Å²) < 4.78 is 35.0. The third kappa shape index (κ3) is 5.69. The summed E-state index contributed by atoms with van der Waals surface area (Å²) in [5, 5.41) is 9.49. The van der Waals surface area contributed by atoms with Crippen LogP contribution in [-0.2, 0) is 19.4 Å². The number of rotatable bonds is 7. The number of allylic oxidation sites excluding steroid dienone is 1. The van der Waals surface area contributed by atoms with Crippen molar-refractivity contribution in [2.45, 2.75) is 70.2 Å². The van der Waals surface area contributed by atoms with Gasteiger partial charge in [-0.3, -0.25) is 0 Å². The number of ether oxygens (including phenoxy) is 1. The standard InChI is InChI=1S/C31H39F2N7O/c1-21(32)17-38-15-16-40(18-23(38)10-12-34)30-25-11-14-39(28-7-3-5-22-8-9-26(33)29(22)28)19-27(25)35-31(36-30)41-20-24-6-4-13-37(24)2/h3,5,7,17,23-24,26H,4,6,8-11,13-16,18-20H2,1-2H3/t23-,24-,26?/m0/s1. The van der Waals surface area contributed by atoms with Gasteiger partial charge in [0.25, 0.3) is 0 Å². The molecule has 2 fully saturated rings. The highest BCUT2D eigenvalue weighted by Gasteiger charge is 2.33. The van der Waals surface area contributed by atoms with Gasteiger partial charge in [-0.05, 0) is 64.3 Å². The predicted molar refractivity (Wildman–Crippen MR) is 154 cm³/mol. The average molecular weight is 564 g/mol. The molecule has 2 saturated heterocycles. The number of aryl methyl sites for hydroxylation is 1. The SMILES string of the molecule is CC(F)=CN1CCN(c2nc(OC[C@@H]3CCCN3C)nc3c2CCN(c2cccc4c2C(F)CC4)C3)C[C@@H]1CC#N. The zero-order chi connectivity index (χ0) is 28.5. The minimum atomic E-state index is -0.929. The van der Waals surface area contributed by atoms with Crippen LogP contribution in [0.3, 0.4) is 0 Å². The Hall–Kier alpha value is -3.45. The maximum absolute atomic E-state index is 15.0. The molecule has 3 aliphatic heterocycles. The fraction of sp³-hybridized carbons (Fsp3) is 0.581. The van der Waals surface area contributed by atoms with Crippen LogP contribution in [0.2, 0.25) is 0 Å². The normalized spacial score (nSPS) is 24.8. The molecule has 0 radical (unpaired) electrons. The summed E-state index contributed by atoms with van der Waals surface area (Å²) >= 11 is 0. The molecule has 1 aromatic heterocycles. The number of hydrogen-bond acceptors (Lipinski definition) is 8. The molecule has 2 aromatic rings. The van der Waals surface area contributed by atoms with E-state index in [4.69, 9.17) is 14.7 Å². The molecule has 4 aliphatic rings. The van der Waals surface area contributed by atoms with Gasteiger partial charge in [-0.25, -0.2) is 8.78 Å². The first-order valence-corrected chi connectivity index (χ1v) is 14.9. The molecule has 0 spiro atoms. The molecular formula is C31H39F2N7O. The van der Waals surface area contributed by atoms with E-state index in [1.807, 2.05) is 23.1 Å². The Balaban J connectivity index is 1.31. The summed E-state index contributed by atoms with van der Waals surface area (Å²) in [6.45, 7) is 6.12. The molecular weight excluding hydrogens is 524 g/mol. The number of likely N-dealkylation sites (tertiary alicyclic amines) is 1. The number of alkyl halides is 1. The molecule has 1 aliphatic carbocycles. The van der Waals surface area contributed by atoms with Gasteiger partial charge in [-0.1, -0.05) is 12.1 Å². The third-order valence-electron chi connectivity index (χ3n) is 9.09. The first kappa shape index (κ1) is 27.7. The first-order valence-electron chi connectivity index (χ1n) is 14.9. The van der Waals surface area contributed by atoms with Crippen molar-refractivity contribution >= 4 is 11.5 Å². The van der Waals surface area contributed by atoms with Crippen molar-refractivity contribution in [3.05, 3.63) is 52.6 Å². The lowest BCUT2D eigenvalue weighted by atomic mass is 10.0. The van der Waals surface area contributed by atoms with Crippen LogP contribution >= 0.6 is 0 Å². The number of benzene rings is 1. The summed E-state index contributed by atoms with van der Waals surface area (Å²) in [6, 6.07) is 8.93. The van der Waals surface area contributed by atoms with E-state index in [-0.39, 0.29) is 11.9 Å². The van der Waals surface area contributed by atoms with Crippen molar-refractivity contribution in [1.29, 1.82) is 5.26 Å². The van der Waals surface area contributed by atoms with Gasteiger partial charge in [0.2, 0.25) is 0 Å². The van der Waals surface area contributed by atoms with Crippen LogP contribution in [0.5, 0.6) is 6.01 Å². The topological polar surface area (TPSA) is 71.8 Å². The molecule has 3 atom stereocenters. The first-order chi connectivity index (χ1) is 19.9. The van der Waals surface area contributed by atoms with E-state index < -0.39 is 6.17 Å². The van der Waals surface area contributed by atoms with E-state index in [0.29, 0.717) is 57.7 Å². The molecule has 1 unspecified atom stereocenters. The van der Waals surface area contributed by atoms with Crippen LogP contribution in [0, 0.1) is 11.3 Å². The van der Waals surface area contributed by atoms with Crippen molar-refractivity contribution in [3.63, 3.8) is 0 Å². The van der Waals surface area contributed by atoms with Crippen LogP contribution in [-0.4, -0.2) is 78.2 Å². The van der Waals surface area contributed by atoms with Crippen molar-refractivity contribution in [3.8, 4) is 12.1 Å². The van der Waals surface area contributed by atoms with Crippen molar-refractivity contribution in [2.24, 2.45) is 0 Å². The summed E-state index contributed by atoms with van der Waals surface area (Å²) in [7, 11) is 2.12. The van der Waals surface area contributed by atoms with E-state index >= 15 is 0 Å². The lowest BCUT2D eigenvalue weighted by molar-refractivity contribution is 0.187. The molecule has 218 valence electrons. The van der Waals surface area contributed by atoms with Gasteiger partial charge >= 0.3 is 6.01 Å². The predicted octanol–water partition coefficient (Wildman–Crippen LogP) is 4.70. The number of fused-ring (bicyclic) bond motifs is 2. The second-order valence-electron chi connectivity index (χ2n) is 11.8. The number of anilines is 2. The third-order valence-corrected chi connectivity index (χ3v) is 9.09. The number of aromatic nitrogens is 2. The van der Waals surface area contributed by atoms with Crippen LogP contribution in [0.25, 0.3) is 0 Å². The number of hydrogen-bond donors (Lipinski definition) is 0. The van der Waals surface area contributed by atoms with Gasteiger partial charge in [0, 0.05) is 55.2 Å². The van der Waals surface area contributed by atoms with E-state index in [1.165, 1.54) is 13.1 Å². The number of likely N-dealkylation sites (N-methyl/N-ethyl adjacent to an activating group) is 1. The van der Waals surface area contributed by atoms with Crippen LogP contribution in [0.15, 0.2) is 30.2 Å². The molecule has 0 N–H and O–H groups in total. The maximum atomic E-state index is 15.0. The van der Waals surface area contributed by atoms with Crippen LogP contribution < -0.4 is 14.5 Å². The smallest absolute Gasteiger partial charge is 0.318 e. The Kier molecular flexibility index (Phi) is 7.98. The van der Waals surface area contributed by atoms with Gasteiger partial charge < -0.3 is 24.3 Å². The minimum absolute atomic E-state index is 0.143. The number of nitrogens with zero attached hydrogens (tertiary/aromatic N) is 7. The summed E-state index contributed by atoms with van der Waals surface area (Å²) in [6.07, 6.45) is 5.17. The largest absolute Gasteiger partial charge is 0.462 e. The summed E-state index contributed by atoms with van der Waals surface area (Å²) in [5.41, 5.74) is 4.88. The van der Waals surface area contributed by atoms with Crippen molar-refractivity contribution in [1.82, 2.24) is 19.8 Å². The minimum Gasteiger partial charge on any atom is -0.462 e. The summed E-state index contributed by atoms with van der Waals surface area (Å²) in [5.74, 6) is 0.575. The van der Waals surface area contributed by atoms with Crippen molar-refractivity contribution < 1.29 is 13.5 Å². The van der Waals surface area contributed by atoms with E-state index in [2.05, 4.69) is 27.8 Å². The molecule has 0 bridgehead atoms. The fourth-order valence-electron chi connectivity index (χ4n) is 6.91. The molecule has 0 saturated carbocycles. The Labute approximate surface area is 241 Å². The van der Waals surface area contributed by atoms with E-state index in [1.54, 1.807) is 0 Å². The van der Waals surface area contributed by atoms with E-state index in [0.717, 1.165) is 72.7 Å². The fourth-order valence-corrected chi connectivity index (χ4v) is 6.91. The molecule has 0 amide bonds. The Morgan fingerprint density at radius 2 is 2.00 bits per heavy atom. The molecule has 4 heterocycles. The highest BCUT2D eigenvalue weighted by Crippen LogP contribution is 2.42. The van der Waals surface area contributed by atoms with Gasteiger partial charge in [0.15, 0.2) is 0 Å². The zero-order valence-electron chi connectivity index (χ0n) is 24.0. The van der Waals surface area contributed by atoms with Gasteiger partial charge in [0.05, 0.1) is 30.8 Å². The highest BCUT2D eigenvalue weighted by molar-refractivity contribution is 5.62. The van der Waals surface area contributed by atoms with Crippen LogP contribution in [0.4, 0.5) is 20.3 Å². The maximum Gasteiger partial charge on any atom is 0.318 e. The molecule has 10 heteroatoms. The molecule has 8 nitrogen and oxygen atoms in total. The van der Waals surface area contributed by atoms with Gasteiger partial charge in [-0.2, -0.15) is 15.2 Å². The highest BCUT2D eigenvalue weighted by atomic mass is 19.1. The lowest BCUT2D eigenvalue weighted by Crippen LogP contribution is -2.51. The summed E-state index contributed by atoms with van der Waals surface area (Å²) in [4.78, 5) is 18.6. The van der Waals surface area contributed by atoms with E-state index in [9.17, 15) is 14.0 Å². The molecule has 6 rings (SSSR count). The van der Waals surface area contributed by atoms with Crippen LogP contribution in [0.1, 0.15) is 61.2 Å². The Morgan fingerprint density at radius 3 is 2.78 bits per heavy atom. The quantitative estimate of drug-likeness (QED) is 0.480. The molecule has 1 aromatic carbocycles. The second-order valence-corrected chi connectivity index (χ2v) is 11.8. The number of piperazine rings is 1. The van der Waals surface area contributed by atoms with Gasteiger partial charge in [0.1, 0.15) is 24.4 Å². The Morgan fingerprint density at radius 1 is 1.12 bits per heavy atom. The Bertz CT molecular complexity index is 1340. The molecule has 41 heavy (non-hydrogen) atoms. The average Bonchev–Trinajstić information content (AvgIpc) is 3.56. The van der Waals surface area contributed by atoms with Gasteiger partial charge in [-0.15, -0.1) is 0 Å². The zero-order valence-corrected chi connectivity index (χ0v) is 24.0. The monoisotopic (exact) mass is 563 g/mol. The second kappa shape index (κ2) is 11.8. The lowest BCUT2D eigenvalue weighted by Gasteiger charge is -2.42.